The van der Waals surface area contributed by atoms with Gasteiger partial charge in [0.2, 0.25) is 5.91 Å². The first kappa shape index (κ1) is 16.6. The first-order valence-corrected chi connectivity index (χ1v) is 6.83. The van der Waals surface area contributed by atoms with E-state index >= 15 is 0 Å². The molecule has 0 saturated carbocycles. The maximum absolute atomic E-state index is 12.0. The molecule has 1 amide bonds. The Kier molecular flexibility index (Phi) is 5.25. The predicted molar refractivity (Wildman–Crippen MR) is 71.9 cm³/mol. The van der Waals surface area contributed by atoms with Crippen LogP contribution in [0.2, 0.25) is 0 Å². The van der Waals surface area contributed by atoms with Crippen molar-refractivity contribution in [1.82, 2.24) is 5.32 Å². The van der Waals surface area contributed by atoms with E-state index < -0.39 is 12.5 Å². The first-order valence-electron chi connectivity index (χ1n) is 6.83. The Bertz CT molecular complexity index is 497. The van der Waals surface area contributed by atoms with Crippen molar-refractivity contribution in [3.8, 4) is 5.75 Å². The molecule has 1 aliphatic rings. The van der Waals surface area contributed by atoms with Gasteiger partial charge in [0.05, 0.1) is 6.61 Å². The van der Waals surface area contributed by atoms with Crippen LogP contribution in [0.15, 0.2) is 24.3 Å². The summed E-state index contributed by atoms with van der Waals surface area (Å²) in [6, 6.07) is 5.28. The van der Waals surface area contributed by atoms with Gasteiger partial charge in [-0.15, -0.1) is 13.2 Å². The van der Waals surface area contributed by atoms with Crippen LogP contribution in [0.1, 0.15) is 18.4 Å². The Hall–Kier alpha value is -1.80. The number of ether oxygens (including phenoxy) is 2. The molecule has 2 atom stereocenters. The number of nitrogens with two attached hydrogens (primary N) is 1. The van der Waals surface area contributed by atoms with E-state index in [0.717, 1.165) is 6.42 Å². The van der Waals surface area contributed by atoms with E-state index in [1.807, 2.05) is 0 Å². The number of hydrogen-bond donors (Lipinski definition) is 2. The zero-order valence-corrected chi connectivity index (χ0v) is 11.7. The van der Waals surface area contributed by atoms with Gasteiger partial charge in [-0.3, -0.25) is 4.79 Å². The average Bonchev–Trinajstić information content (AvgIpc) is 2.45. The fraction of sp³-hybridized carbons (Fsp3) is 0.500. The third-order valence-corrected chi connectivity index (χ3v) is 3.23. The second-order valence-electron chi connectivity index (χ2n) is 5.07. The molecule has 0 bridgehead atoms. The number of nitrogens with one attached hydrogen (secondary N) is 1. The molecule has 0 spiro atoms. The van der Waals surface area contributed by atoms with Crippen LogP contribution in [-0.2, 0) is 16.1 Å². The summed E-state index contributed by atoms with van der Waals surface area (Å²) < 4.78 is 45.2. The Morgan fingerprint density at radius 2 is 2.00 bits per heavy atom. The van der Waals surface area contributed by atoms with Crippen LogP contribution in [0.3, 0.4) is 0 Å². The molecule has 1 saturated heterocycles. The highest BCUT2D eigenvalue weighted by molar-refractivity contribution is 5.80. The fourth-order valence-electron chi connectivity index (χ4n) is 2.09. The lowest BCUT2D eigenvalue weighted by Crippen LogP contribution is -2.43. The summed E-state index contributed by atoms with van der Waals surface area (Å²) in [4.78, 5) is 11.9. The third kappa shape index (κ3) is 5.19. The molecular formula is C14H17F3N2O3. The van der Waals surface area contributed by atoms with Crippen LogP contribution in [0.4, 0.5) is 13.2 Å². The molecule has 22 heavy (non-hydrogen) atoms. The van der Waals surface area contributed by atoms with Gasteiger partial charge in [0.15, 0.2) is 0 Å². The number of rotatable bonds is 4. The molecule has 1 aromatic rings. The maximum Gasteiger partial charge on any atom is 0.573 e. The molecule has 2 rings (SSSR count). The van der Waals surface area contributed by atoms with Gasteiger partial charge >= 0.3 is 6.36 Å². The first-order chi connectivity index (χ1) is 10.3. The summed E-state index contributed by atoms with van der Waals surface area (Å²) in [5, 5.41) is 2.68. The zero-order valence-electron chi connectivity index (χ0n) is 11.7. The van der Waals surface area contributed by atoms with Crippen molar-refractivity contribution >= 4 is 5.91 Å². The molecule has 3 N–H and O–H groups in total. The van der Waals surface area contributed by atoms with Gasteiger partial charge < -0.3 is 20.5 Å². The van der Waals surface area contributed by atoms with E-state index in [1.54, 1.807) is 0 Å². The highest BCUT2D eigenvalue weighted by atomic mass is 19.4. The van der Waals surface area contributed by atoms with Crippen LogP contribution in [0, 0.1) is 0 Å². The van der Waals surface area contributed by atoms with Crippen molar-refractivity contribution in [1.29, 1.82) is 0 Å². The number of halogens is 3. The molecule has 1 fully saturated rings. The zero-order chi connectivity index (χ0) is 16.2. The van der Waals surface area contributed by atoms with Gasteiger partial charge in [-0.05, 0) is 30.5 Å². The number of carbonyl (C=O) groups excluding carboxylic acids is 1. The van der Waals surface area contributed by atoms with E-state index in [1.165, 1.54) is 24.3 Å². The molecule has 8 heteroatoms. The van der Waals surface area contributed by atoms with Gasteiger partial charge in [0, 0.05) is 12.6 Å². The van der Waals surface area contributed by atoms with Crippen molar-refractivity contribution in [3.63, 3.8) is 0 Å². The highest BCUT2D eigenvalue weighted by Crippen LogP contribution is 2.22. The molecule has 0 radical (unpaired) electrons. The SMILES string of the molecule is N[C@@H]1CC[C@@H](C(=O)NCc2ccc(OC(F)(F)F)cc2)OC1. The Morgan fingerprint density at radius 1 is 1.32 bits per heavy atom. The van der Waals surface area contributed by atoms with Crippen LogP contribution >= 0.6 is 0 Å². The number of benzene rings is 1. The molecule has 1 aromatic carbocycles. The molecule has 1 aliphatic heterocycles. The Morgan fingerprint density at radius 3 is 2.55 bits per heavy atom. The number of amides is 1. The van der Waals surface area contributed by atoms with Crippen LogP contribution in [0.25, 0.3) is 0 Å². The molecular weight excluding hydrogens is 301 g/mol. The van der Waals surface area contributed by atoms with Crippen molar-refractivity contribution in [2.45, 2.75) is 37.9 Å². The van der Waals surface area contributed by atoms with Crippen LogP contribution < -0.4 is 15.8 Å². The van der Waals surface area contributed by atoms with Gasteiger partial charge in [0.25, 0.3) is 0 Å². The maximum atomic E-state index is 12.0. The normalized spacial score (nSPS) is 22.2. The summed E-state index contributed by atoms with van der Waals surface area (Å²) in [6.07, 6.45) is -3.95. The topological polar surface area (TPSA) is 73.6 Å². The van der Waals surface area contributed by atoms with Gasteiger partial charge in [-0.2, -0.15) is 0 Å². The summed E-state index contributed by atoms with van der Waals surface area (Å²) >= 11 is 0. The molecule has 0 aromatic heterocycles. The predicted octanol–water partition coefficient (Wildman–Crippen LogP) is 1.71. The average molecular weight is 318 g/mol. The van der Waals surface area contributed by atoms with E-state index in [4.69, 9.17) is 10.5 Å². The van der Waals surface area contributed by atoms with Crippen LogP contribution in [0.5, 0.6) is 5.75 Å². The molecule has 122 valence electrons. The van der Waals surface area contributed by atoms with Crippen molar-refractivity contribution in [3.05, 3.63) is 29.8 Å². The molecule has 0 unspecified atom stereocenters. The third-order valence-electron chi connectivity index (χ3n) is 3.23. The Labute approximate surface area is 125 Å². The minimum absolute atomic E-state index is 0.0368. The molecule has 0 aliphatic carbocycles. The minimum Gasteiger partial charge on any atom is -0.406 e. The summed E-state index contributed by atoms with van der Waals surface area (Å²) in [5.74, 6) is -0.547. The van der Waals surface area contributed by atoms with E-state index in [2.05, 4.69) is 10.1 Å². The lowest BCUT2D eigenvalue weighted by atomic mass is 10.1. The summed E-state index contributed by atoms with van der Waals surface area (Å²) in [6.45, 7) is 0.554. The number of alkyl halides is 3. The minimum atomic E-state index is -4.71. The Balaban J connectivity index is 1.80. The second-order valence-corrected chi connectivity index (χ2v) is 5.07. The van der Waals surface area contributed by atoms with E-state index in [-0.39, 0.29) is 24.2 Å². The fourth-order valence-corrected chi connectivity index (χ4v) is 2.09. The highest BCUT2D eigenvalue weighted by Gasteiger charge is 2.31. The van der Waals surface area contributed by atoms with Gasteiger partial charge in [-0.25, -0.2) is 0 Å². The summed E-state index contributed by atoms with van der Waals surface area (Å²) in [5.41, 5.74) is 6.33. The summed E-state index contributed by atoms with van der Waals surface area (Å²) in [7, 11) is 0. The standard InChI is InChI=1S/C14H17F3N2O3/c15-14(16,17)22-11-4-1-9(2-5-11)7-19-13(20)12-6-3-10(18)8-21-12/h1-2,4-5,10,12H,3,6-8,18H2,(H,19,20)/t10-,12+/m1/s1. The molecule has 5 nitrogen and oxygen atoms in total. The number of hydrogen-bond acceptors (Lipinski definition) is 4. The lowest BCUT2D eigenvalue weighted by molar-refractivity contribution is -0.274. The molecule has 1 heterocycles. The number of carbonyl (C=O) groups is 1. The van der Waals surface area contributed by atoms with Crippen LogP contribution in [-0.4, -0.2) is 31.0 Å². The smallest absolute Gasteiger partial charge is 0.406 e. The van der Waals surface area contributed by atoms with Crippen molar-refractivity contribution in [2.75, 3.05) is 6.61 Å². The lowest BCUT2D eigenvalue weighted by Gasteiger charge is -2.25. The monoisotopic (exact) mass is 318 g/mol. The largest absolute Gasteiger partial charge is 0.573 e. The van der Waals surface area contributed by atoms with E-state index in [0.29, 0.717) is 18.6 Å². The van der Waals surface area contributed by atoms with Gasteiger partial charge in [0.1, 0.15) is 11.9 Å². The quantitative estimate of drug-likeness (QED) is 0.886. The van der Waals surface area contributed by atoms with Crippen molar-refractivity contribution in [2.24, 2.45) is 5.73 Å². The second kappa shape index (κ2) is 6.97. The van der Waals surface area contributed by atoms with Gasteiger partial charge in [-0.1, -0.05) is 12.1 Å². The van der Waals surface area contributed by atoms with Crippen molar-refractivity contribution < 1.29 is 27.4 Å². The van der Waals surface area contributed by atoms with E-state index in [9.17, 15) is 18.0 Å².